The highest BCUT2D eigenvalue weighted by molar-refractivity contribution is 6.31. The van der Waals surface area contributed by atoms with Gasteiger partial charge < -0.3 is 10.3 Å². The van der Waals surface area contributed by atoms with E-state index in [9.17, 15) is 19.7 Å². The zero-order valence-corrected chi connectivity index (χ0v) is 16.0. The second-order valence-electron chi connectivity index (χ2n) is 6.81. The van der Waals surface area contributed by atoms with Gasteiger partial charge in [-0.15, -0.1) is 0 Å². The van der Waals surface area contributed by atoms with Gasteiger partial charge in [0.05, 0.1) is 23.1 Å². The maximum atomic E-state index is 12.7. The first-order valence-electron chi connectivity index (χ1n) is 9.04. The summed E-state index contributed by atoms with van der Waals surface area (Å²) in [7, 11) is 0. The first-order valence-corrected chi connectivity index (χ1v) is 9.42. The van der Waals surface area contributed by atoms with Gasteiger partial charge in [-0.05, 0) is 42.3 Å². The van der Waals surface area contributed by atoms with Crippen LogP contribution in [0.2, 0.25) is 5.02 Å². The molecule has 0 unspecified atom stereocenters. The maximum absolute atomic E-state index is 12.7. The highest BCUT2D eigenvalue weighted by Gasteiger charge is 2.39. The topological polar surface area (TPSA) is 108 Å². The van der Waals surface area contributed by atoms with Gasteiger partial charge in [-0.2, -0.15) is 0 Å². The summed E-state index contributed by atoms with van der Waals surface area (Å²) >= 11 is 6.07. The van der Waals surface area contributed by atoms with Crippen LogP contribution in [0.3, 0.4) is 0 Å². The van der Waals surface area contributed by atoms with Crippen LogP contribution < -0.4 is 10.2 Å². The highest BCUT2D eigenvalue weighted by Crippen LogP contribution is 2.26. The number of nitrogens with one attached hydrogen (secondary N) is 2. The zero-order chi connectivity index (χ0) is 20.5. The van der Waals surface area contributed by atoms with Crippen LogP contribution in [0.5, 0.6) is 0 Å². The van der Waals surface area contributed by atoms with Crippen LogP contribution in [0.1, 0.15) is 12.0 Å². The number of aromatic amines is 1. The molecule has 1 aromatic heterocycles. The number of amides is 2. The van der Waals surface area contributed by atoms with E-state index in [1.807, 2.05) is 24.4 Å². The number of nitro benzene ring substituents is 1. The minimum absolute atomic E-state index is 0.0511. The number of H-pyrrole nitrogens is 1. The molecule has 29 heavy (non-hydrogen) atoms. The number of fused-ring (bicyclic) bond motifs is 1. The number of aromatic nitrogens is 1. The lowest BCUT2D eigenvalue weighted by molar-refractivity contribution is -0.384. The van der Waals surface area contributed by atoms with E-state index in [2.05, 4.69) is 10.3 Å². The number of carbonyl (C=O) groups is 2. The van der Waals surface area contributed by atoms with E-state index in [0.29, 0.717) is 23.7 Å². The lowest BCUT2D eigenvalue weighted by Gasteiger charge is -2.15. The summed E-state index contributed by atoms with van der Waals surface area (Å²) in [5.74, 6) is -0.689. The molecule has 9 heteroatoms. The standard InChI is InChI=1S/C20H17ClN4O4/c21-13-1-6-17-16(9-13)12(11-23-17)7-8-22-18-10-19(26)24(20(18)27)14-2-4-15(5-3-14)25(28)29/h1-6,9,11,18,22-23H,7-8,10H2/t18-/m1/s1. The number of hydrogen-bond acceptors (Lipinski definition) is 5. The first kappa shape index (κ1) is 19.1. The number of nitrogens with zero attached hydrogens (tertiary/aromatic N) is 2. The Bertz CT molecular complexity index is 1110. The van der Waals surface area contributed by atoms with Crippen molar-refractivity contribution >= 4 is 45.7 Å². The summed E-state index contributed by atoms with van der Waals surface area (Å²) in [6, 6.07) is 10.4. The molecule has 4 rings (SSSR count). The SMILES string of the molecule is O=C1C[C@@H](NCCc2c[nH]c3ccc(Cl)cc23)C(=O)N1c1ccc([N+](=O)[O-])cc1. The summed E-state index contributed by atoms with van der Waals surface area (Å²) in [5.41, 5.74) is 2.29. The monoisotopic (exact) mass is 412 g/mol. The zero-order valence-electron chi connectivity index (χ0n) is 15.2. The molecular formula is C20H17ClN4O4. The molecule has 1 aliphatic heterocycles. The first-order chi connectivity index (χ1) is 13.9. The molecule has 1 atom stereocenters. The molecule has 148 valence electrons. The molecule has 1 fully saturated rings. The quantitative estimate of drug-likeness (QED) is 0.367. The molecule has 1 saturated heterocycles. The number of anilines is 1. The number of rotatable bonds is 6. The predicted octanol–water partition coefficient (Wildman–Crippen LogP) is 3.19. The largest absolute Gasteiger partial charge is 0.361 e. The van der Waals surface area contributed by atoms with Gasteiger partial charge in [-0.25, -0.2) is 4.90 Å². The second kappa shape index (κ2) is 7.65. The van der Waals surface area contributed by atoms with Crippen molar-refractivity contribution < 1.29 is 14.5 Å². The maximum Gasteiger partial charge on any atom is 0.269 e. The average molecular weight is 413 g/mol. The Hall–Kier alpha value is -3.23. The van der Waals surface area contributed by atoms with Gasteiger partial charge >= 0.3 is 0 Å². The van der Waals surface area contributed by atoms with Gasteiger partial charge in [-0.3, -0.25) is 19.7 Å². The van der Waals surface area contributed by atoms with Crippen LogP contribution in [0.15, 0.2) is 48.7 Å². The molecule has 2 heterocycles. The normalized spacial score (nSPS) is 16.7. The van der Waals surface area contributed by atoms with Crippen molar-refractivity contribution in [2.24, 2.45) is 0 Å². The molecule has 2 amide bonds. The van der Waals surface area contributed by atoms with E-state index in [1.165, 1.54) is 24.3 Å². The van der Waals surface area contributed by atoms with Crippen LogP contribution in [-0.4, -0.2) is 34.3 Å². The Labute approximate surface area is 170 Å². The Morgan fingerprint density at radius 2 is 1.97 bits per heavy atom. The third-order valence-corrected chi connectivity index (χ3v) is 5.21. The van der Waals surface area contributed by atoms with Crippen molar-refractivity contribution in [1.82, 2.24) is 10.3 Å². The number of carbonyl (C=O) groups excluding carboxylic acids is 2. The Morgan fingerprint density at radius 1 is 1.21 bits per heavy atom. The second-order valence-corrected chi connectivity index (χ2v) is 7.24. The fourth-order valence-electron chi connectivity index (χ4n) is 3.52. The lowest BCUT2D eigenvalue weighted by atomic mass is 10.1. The van der Waals surface area contributed by atoms with E-state index in [4.69, 9.17) is 11.6 Å². The van der Waals surface area contributed by atoms with Crippen LogP contribution in [-0.2, 0) is 16.0 Å². The van der Waals surface area contributed by atoms with E-state index in [-0.39, 0.29) is 23.9 Å². The van der Waals surface area contributed by atoms with Crippen LogP contribution in [0, 0.1) is 10.1 Å². The van der Waals surface area contributed by atoms with E-state index in [1.54, 1.807) is 0 Å². The molecular weight excluding hydrogens is 396 g/mol. The molecule has 0 saturated carbocycles. The number of nitro groups is 1. The van der Waals surface area contributed by atoms with Gasteiger partial charge in [0.1, 0.15) is 0 Å². The summed E-state index contributed by atoms with van der Waals surface area (Å²) < 4.78 is 0. The summed E-state index contributed by atoms with van der Waals surface area (Å²) in [6.07, 6.45) is 2.62. The van der Waals surface area contributed by atoms with Crippen molar-refractivity contribution in [1.29, 1.82) is 0 Å². The number of benzene rings is 2. The van der Waals surface area contributed by atoms with Gasteiger partial charge in [0, 0.05) is 40.8 Å². The molecule has 8 nitrogen and oxygen atoms in total. The molecule has 3 aromatic rings. The van der Waals surface area contributed by atoms with Gasteiger partial charge in [0.15, 0.2) is 0 Å². The van der Waals surface area contributed by atoms with Gasteiger partial charge in [0.2, 0.25) is 5.91 Å². The molecule has 0 bridgehead atoms. The molecule has 1 aliphatic rings. The Balaban J connectivity index is 1.41. The van der Waals surface area contributed by atoms with E-state index < -0.39 is 11.0 Å². The van der Waals surface area contributed by atoms with Crippen molar-refractivity contribution in [3.63, 3.8) is 0 Å². The van der Waals surface area contributed by atoms with Crippen molar-refractivity contribution in [2.75, 3.05) is 11.4 Å². The van der Waals surface area contributed by atoms with Crippen LogP contribution in [0.4, 0.5) is 11.4 Å². The van der Waals surface area contributed by atoms with Crippen LogP contribution >= 0.6 is 11.6 Å². The van der Waals surface area contributed by atoms with Gasteiger partial charge in [-0.1, -0.05) is 11.6 Å². The number of non-ortho nitro benzene ring substituents is 1. The fourth-order valence-corrected chi connectivity index (χ4v) is 3.70. The Kier molecular flexibility index (Phi) is 5.04. The summed E-state index contributed by atoms with van der Waals surface area (Å²) in [6.45, 7) is 0.511. The Morgan fingerprint density at radius 3 is 2.69 bits per heavy atom. The van der Waals surface area contributed by atoms with Crippen molar-refractivity contribution in [3.8, 4) is 0 Å². The minimum atomic E-state index is -0.619. The number of hydrogen-bond donors (Lipinski definition) is 2. The van der Waals surface area contributed by atoms with Gasteiger partial charge in [0.25, 0.3) is 11.6 Å². The predicted molar refractivity (Wildman–Crippen MR) is 109 cm³/mol. The minimum Gasteiger partial charge on any atom is -0.361 e. The summed E-state index contributed by atoms with van der Waals surface area (Å²) in [5, 5.41) is 15.6. The summed E-state index contributed by atoms with van der Waals surface area (Å²) in [4.78, 5) is 39.5. The lowest BCUT2D eigenvalue weighted by Crippen LogP contribution is -2.39. The highest BCUT2D eigenvalue weighted by atomic mass is 35.5. The molecule has 0 radical (unpaired) electrons. The molecule has 0 aliphatic carbocycles. The average Bonchev–Trinajstić information content (AvgIpc) is 3.22. The van der Waals surface area contributed by atoms with E-state index >= 15 is 0 Å². The van der Waals surface area contributed by atoms with Crippen LogP contribution in [0.25, 0.3) is 10.9 Å². The third kappa shape index (κ3) is 3.72. The van der Waals surface area contributed by atoms with E-state index in [0.717, 1.165) is 21.4 Å². The molecule has 0 spiro atoms. The fraction of sp³-hybridized carbons (Fsp3) is 0.200. The third-order valence-electron chi connectivity index (χ3n) is 4.98. The number of imide groups is 1. The van der Waals surface area contributed by atoms with Crippen molar-refractivity contribution in [3.05, 3.63) is 69.4 Å². The smallest absolute Gasteiger partial charge is 0.269 e. The van der Waals surface area contributed by atoms with Crippen molar-refractivity contribution in [2.45, 2.75) is 18.9 Å². The number of halogens is 1. The molecule has 2 N–H and O–H groups in total. The molecule has 2 aromatic carbocycles.